The molecule has 0 radical (unpaired) electrons. The van der Waals surface area contributed by atoms with Gasteiger partial charge in [0.15, 0.2) is 0 Å². The molecule has 0 aliphatic carbocycles. The van der Waals surface area contributed by atoms with Gasteiger partial charge >= 0.3 is 0 Å². The number of quaternary nitrogens is 1. The van der Waals surface area contributed by atoms with Gasteiger partial charge in [-0.05, 0) is 12.8 Å². The number of rotatable bonds is 8. The van der Waals surface area contributed by atoms with Crippen LogP contribution < -0.4 is 4.90 Å². The molecular formula is C11H23N2+. The molecule has 0 aliphatic rings. The summed E-state index contributed by atoms with van der Waals surface area (Å²) in [4.78, 5) is 1.62. The summed E-state index contributed by atoms with van der Waals surface area (Å²) in [5.41, 5.74) is 0. The van der Waals surface area contributed by atoms with Crippen molar-refractivity contribution in [1.29, 1.82) is 5.26 Å². The van der Waals surface area contributed by atoms with E-state index in [0.29, 0.717) is 6.42 Å². The third-order valence-corrected chi connectivity index (χ3v) is 2.36. The second-order valence-corrected chi connectivity index (χ2v) is 3.62. The van der Waals surface area contributed by atoms with E-state index in [1.54, 1.807) is 4.90 Å². The second-order valence-electron chi connectivity index (χ2n) is 3.62. The molecule has 0 aromatic rings. The van der Waals surface area contributed by atoms with Crippen LogP contribution in [0.3, 0.4) is 0 Å². The molecule has 0 rings (SSSR count). The molecule has 0 saturated carbocycles. The largest absolute Gasteiger partial charge is 0.334 e. The van der Waals surface area contributed by atoms with Gasteiger partial charge in [-0.15, -0.1) is 0 Å². The molecule has 0 aromatic carbocycles. The van der Waals surface area contributed by atoms with E-state index >= 15 is 0 Å². The molecule has 13 heavy (non-hydrogen) atoms. The van der Waals surface area contributed by atoms with E-state index in [1.165, 1.54) is 38.8 Å². The average Bonchev–Trinajstić information content (AvgIpc) is 2.17. The summed E-state index contributed by atoms with van der Waals surface area (Å²) in [6, 6.07) is 2.23. The molecule has 0 spiro atoms. The lowest BCUT2D eigenvalue weighted by atomic mass is 10.2. The smallest absolute Gasteiger partial charge is 0.0903 e. The van der Waals surface area contributed by atoms with Crippen molar-refractivity contribution in [3.8, 4) is 6.07 Å². The van der Waals surface area contributed by atoms with E-state index in [4.69, 9.17) is 5.26 Å². The molecule has 0 unspecified atom stereocenters. The SMILES string of the molecule is CCCC[NH+](CCC#N)CCCC. The van der Waals surface area contributed by atoms with Gasteiger partial charge in [-0.2, -0.15) is 5.26 Å². The minimum Gasteiger partial charge on any atom is -0.334 e. The molecule has 1 N–H and O–H groups in total. The first-order valence-electron chi connectivity index (χ1n) is 5.55. The summed E-state index contributed by atoms with van der Waals surface area (Å²) in [5.74, 6) is 0. The molecule has 0 aliphatic heterocycles. The number of nitriles is 1. The van der Waals surface area contributed by atoms with Gasteiger partial charge in [0.05, 0.1) is 32.1 Å². The molecule has 0 fully saturated rings. The van der Waals surface area contributed by atoms with Crippen molar-refractivity contribution in [3.63, 3.8) is 0 Å². The molecule has 2 heteroatoms. The predicted molar refractivity (Wildman–Crippen MR) is 55.6 cm³/mol. The minimum absolute atomic E-state index is 0.711. The van der Waals surface area contributed by atoms with Gasteiger partial charge in [-0.25, -0.2) is 0 Å². The number of hydrogen-bond donors (Lipinski definition) is 1. The summed E-state index contributed by atoms with van der Waals surface area (Å²) in [6.07, 6.45) is 5.84. The van der Waals surface area contributed by atoms with Crippen molar-refractivity contribution < 1.29 is 4.90 Å². The Balaban J connectivity index is 3.54. The van der Waals surface area contributed by atoms with E-state index in [2.05, 4.69) is 19.9 Å². The Labute approximate surface area is 82.5 Å². The maximum absolute atomic E-state index is 8.50. The highest BCUT2D eigenvalue weighted by atomic mass is 15.1. The highest BCUT2D eigenvalue weighted by Crippen LogP contribution is 1.83. The Kier molecular flexibility index (Phi) is 9.13. The quantitative estimate of drug-likeness (QED) is 0.605. The number of hydrogen-bond acceptors (Lipinski definition) is 1. The zero-order valence-electron chi connectivity index (χ0n) is 9.10. The molecule has 0 aromatic heterocycles. The zero-order valence-corrected chi connectivity index (χ0v) is 9.10. The maximum Gasteiger partial charge on any atom is 0.0903 e. The van der Waals surface area contributed by atoms with Gasteiger partial charge in [0.1, 0.15) is 0 Å². The highest BCUT2D eigenvalue weighted by Gasteiger charge is 2.05. The lowest BCUT2D eigenvalue weighted by Crippen LogP contribution is -3.12. The van der Waals surface area contributed by atoms with Crippen molar-refractivity contribution in [2.24, 2.45) is 0 Å². The van der Waals surface area contributed by atoms with Crippen LogP contribution in [0.15, 0.2) is 0 Å². The van der Waals surface area contributed by atoms with Gasteiger partial charge in [0, 0.05) is 0 Å². The van der Waals surface area contributed by atoms with Crippen LogP contribution in [-0.2, 0) is 0 Å². The van der Waals surface area contributed by atoms with Gasteiger partial charge in [-0.1, -0.05) is 26.7 Å². The summed E-state index contributed by atoms with van der Waals surface area (Å²) < 4.78 is 0. The first-order valence-corrected chi connectivity index (χ1v) is 5.55. The normalized spacial score (nSPS) is 10.3. The van der Waals surface area contributed by atoms with Gasteiger partial charge in [-0.3, -0.25) is 0 Å². The Morgan fingerprint density at radius 1 is 1.00 bits per heavy atom. The van der Waals surface area contributed by atoms with Crippen LogP contribution in [-0.4, -0.2) is 19.6 Å². The third-order valence-electron chi connectivity index (χ3n) is 2.36. The molecule has 2 nitrogen and oxygen atoms in total. The van der Waals surface area contributed by atoms with E-state index in [1.807, 2.05) is 0 Å². The van der Waals surface area contributed by atoms with E-state index in [-0.39, 0.29) is 0 Å². The topological polar surface area (TPSA) is 28.2 Å². The third kappa shape index (κ3) is 7.80. The first-order chi connectivity index (χ1) is 6.35. The van der Waals surface area contributed by atoms with Crippen LogP contribution in [0.5, 0.6) is 0 Å². The molecule has 0 amide bonds. The molecule has 76 valence electrons. The van der Waals surface area contributed by atoms with Crippen LogP contribution in [0.25, 0.3) is 0 Å². The van der Waals surface area contributed by atoms with E-state index < -0.39 is 0 Å². The lowest BCUT2D eigenvalue weighted by molar-refractivity contribution is -0.900. The Morgan fingerprint density at radius 2 is 1.54 bits per heavy atom. The van der Waals surface area contributed by atoms with Crippen molar-refractivity contribution >= 4 is 0 Å². The molecule has 0 saturated heterocycles. The van der Waals surface area contributed by atoms with Gasteiger partial charge in [0.25, 0.3) is 0 Å². The Bertz CT molecular complexity index is 130. The van der Waals surface area contributed by atoms with Crippen LogP contribution in [0.1, 0.15) is 46.0 Å². The standard InChI is InChI=1S/C11H22N2/c1-3-5-9-13(10-6-4-2)11-7-8-12/h3-7,9-11H2,1-2H3/p+1. The van der Waals surface area contributed by atoms with Crippen LogP contribution in [0, 0.1) is 11.3 Å². The van der Waals surface area contributed by atoms with Crippen LogP contribution in [0.4, 0.5) is 0 Å². The number of unbranched alkanes of at least 4 members (excludes halogenated alkanes) is 2. The zero-order chi connectivity index (χ0) is 9.94. The number of nitrogens with one attached hydrogen (secondary N) is 1. The monoisotopic (exact) mass is 183 g/mol. The fourth-order valence-electron chi connectivity index (χ4n) is 1.46. The summed E-state index contributed by atoms with van der Waals surface area (Å²) >= 11 is 0. The Morgan fingerprint density at radius 3 is 1.92 bits per heavy atom. The van der Waals surface area contributed by atoms with Crippen molar-refractivity contribution in [2.45, 2.75) is 46.0 Å². The van der Waals surface area contributed by atoms with Crippen molar-refractivity contribution in [1.82, 2.24) is 0 Å². The average molecular weight is 183 g/mol. The van der Waals surface area contributed by atoms with Crippen LogP contribution >= 0.6 is 0 Å². The highest BCUT2D eigenvalue weighted by molar-refractivity contribution is 4.66. The van der Waals surface area contributed by atoms with Gasteiger partial charge in [0.2, 0.25) is 0 Å². The summed E-state index contributed by atoms with van der Waals surface area (Å²) in [5, 5.41) is 8.50. The number of nitrogens with zero attached hydrogens (tertiary/aromatic N) is 1. The fourth-order valence-corrected chi connectivity index (χ4v) is 1.46. The molecule has 0 heterocycles. The molecule has 0 atom stereocenters. The molecular weight excluding hydrogens is 160 g/mol. The molecule has 0 bridgehead atoms. The predicted octanol–water partition coefficient (Wildman–Crippen LogP) is 1.39. The summed E-state index contributed by atoms with van der Waals surface area (Å²) in [7, 11) is 0. The van der Waals surface area contributed by atoms with Crippen molar-refractivity contribution in [3.05, 3.63) is 0 Å². The fraction of sp³-hybridized carbons (Fsp3) is 0.909. The summed E-state index contributed by atoms with van der Waals surface area (Å²) in [6.45, 7) is 7.98. The maximum atomic E-state index is 8.50. The van der Waals surface area contributed by atoms with E-state index in [0.717, 1.165) is 6.54 Å². The first kappa shape index (κ1) is 12.4. The van der Waals surface area contributed by atoms with Gasteiger partial charge < -0.3 is 4.90 Å². The minimum atomic E-state index is 0.711. The van der Waals surface area contributed by atoms with E-state index in [9.17, 15) is 0 Å². The van der Waals surface area contributed by atoms with Crippen molar-refractivity contribution in [2.75, 3.05) is 19.6 Å². The lowest BCUT2D eigenvalue weighted by Gasteiger charge is -2.17. The van der Waals surface area contributed by atoms with Crippen LogP contribution in [0.2, 0.25) is 0 Å². The Hall–Kier alpha value is -0.550. The second kappa shape index (κ2) is 9.54.